The van der Waals surface area contributed by atoms with Gasteiger partial charge in [-0.1, -0.05) is 119 Å². The van der Waals surface area contributed by atoms with Crippen LogP contribution in [0.4, 0.5) is 11.4 Å². The minimum absolute atomic E-state index is 0.203. The van der Waals surface area contributed by atoms with E-state index in [0.29, 0.717) is 76.5 Å². The largest absolute Gasteiger partial charge is 0.457 e. The average molecular weight is 933 g/mol. The van der Waals surface area contributed by atoms with Gasteiger partial charge in [0.15, 0.2) is 0 Å². The van der Waals surface area contributed by atoms with E-state index in [2.05, 4.69) is 42.7 Å². The van der Waals surface area contributed by atoms with Crippen molar-refractivity contribution in [1.82, 2.24) is 19.9 Å². The van der Waals surface area contributed by atoms with Crippen molar-refractivity contribution < 1.29 is 14.3 Å². The highest BCUT2D eigenvalue weighted by atomic mass is 35.5. The van der Waals surface area contributed by atoms with Crippen LogP contribution in [0.1, 0.15) is 20.7 Å². The topological polar surface area (TPSA) is 125 Å². The number of ether oxygens (including phenoxy) is 1. The average Bonchev–Trinajstić information content (AvgIpc) is 3.94. The van der Waals surface area contributed by atoms with Gasteiger partial charge in [0.2, 0.25) is 0 Å². The number of benzene rings is 8. The van der Waals surface area contributed by atoms with Gasteiger partial charge in [0.1, 0.15) is 23.1 Å². The van der Waals surface area contributed by atoms with Crippen molar-refractivity contribution in [3.63, 3.8) is 0 Å². The Kier molecular flexibility index (Phi) is 12.6. The Hall–Kier alpha value is -7.40. The van der Waals surface area contributed by atoms with Gasteiger partial charge in [-0.05, 0) is 120 Å². The summed E-state index contributed by atoms with van der Waals surface area (Å²) in [4.78, 5) is 41.2. The molecule has 10 rings (SSSR count). The molecule has 65 heavy (non-hydrogen) atoms. The number of para-hydroxylation sites is 1. The second-order valence-corrected chi connectivity index (χ2v) is 16.2. The van der Waals surface area contributed by atoms with Crippen LogP contribution in [-0.2, 0) is 0 Å². The first-order valence-corrected chi connectivity index (χ1v) is 21.7. The molecule has 2 amide bonds. The van der Waals surface area contributed by atoms with Gasteiger partial charge in [0.05, 0.1) is 53.3 Å². The Morgan fingerprint density at radius 1 is 0.431 bits per heavy atom. The maximum Gasteiger partial charge on any atom is 0.255 e. The molecule has 2 aromatic heterocycles. The number of aromatic nitrogens is 4. The zero-order valence-corrected chi connectivity index (χ0v) is 37.0. The van der Waals surface area contributed by atoms with Crippen molar-refractivity contribution in [2.75, 3.05) is 10.6 Å². The minimum atomic E-state index is -0.236. The van der Waals surface area contributed by atoms with Gasteiger partial charge in [0.25, 0.3) is 11.8 Å². The summed E-state index contributed by atoms with van der Waals surface area (Å²) in [6.45, 7) is 0. The van der Waals surface area contributed by atoms with E-state index in [9.17, 15) is 9.59 Å². The molecule has 4 N–H and O–H groups in total. The maximum atomic E-state index is 12.8. The van der Waals surface area contributed by atoms with Crippen LogP contribution in [0.15, 0.2) is 182 Å². The molecule has 318 valence electrons. The number of imidazole rings is 2. The molecule has 10 aromatic rings. The molecule has 0 atom stereocenters. The van der Waals surface area contributed by atoms with Gasteiger partial charge in [-0.3, -0.25) is 9.59 Å². The molecule has 0 aliphatic carbocycles. The third kappa shape index (κ3) is 9.89. The lowest BCUT2D eigenvalue weighted by Gasteiger charge is -2.08. The second-order valence-electron chi connectivity index (χ2n) is 14.6. The Labute approximate surface area is 393 Å². The van der Waals surface area contributed by atoms with E-state index in [1.54, 1.807) is 97.1 Å². The molecule has 2 heterocycles. The highest BCUT2D eigenvalue weighted by Gasteiger charge is 2.17. The van der Waals surface area contributed by atoms with E-state index in [4.69, 9.17) is 51.1 Å². The number of hydrogen-bond acceptors (Lipinski definition) is 5. The molecular formula is C52H34Cl4N6O3. The molecule has 9 nitrogen and oxygen atoms in total. The molecule has 0 saturated carbocycles. The quantitative estimate of drug-likeness (QED) is 0.115. The van der Waals surface area contributed by atoms with Crippen molar-refractivity contribution in [3.05, 3.63) is 213 Å². The van der Waals surface area contributed by atoms with Gasteiger partial charge in [-0.2, -0.15) is 0 Å². The first-order chi connectivity index (χ1) is 31.6. The van der Waals surface area contributed by atoms with Gasteiger partial charge in [0, 0.05) is 22.5 Å². The predicted octanol–water partition coefficient (Wildman–Crippen LogP) is 15.0. The van der Waals surface area contributed by atoms with E-state index in [-0.39, 0.29) is 11.8 Å². The molecule has 8 aromatic carbocycles. The number of H-pyrrole nitrogens is 2. The molecule has 0 fully saturated rings. The standard InChI is InChI=1S/C26H17Cl2N3O2.C26H17Cl2N3O/c27-20-7-4-8-21(28)24(20)25-30-22-14-9-16(15-23(22)31-25)26(32)29-17-10-12-19(13-11-17)33-18-5-2-1-3-6-18;27-20-7-4-8-21(28)24(20)25-30-22-14-11-18(15-23(22)31-25)26(32)29-19-12-9-17(10-13-19)16-5-2-1-3-6-16/h1-15H,(H,29,32)(H,30,31);1-15H,(H,29,32)(H,30,31). The smallest absolute Gasteiger partial charge is 0.255 e. The number of rotatable bonds is 9. The Balaban J connectivity index is 0.000000164. The number of halogens is 4. The lowest BCUT2D eigenvalue weighted by atomic mass is 10.1. The van der Waals surface area contributed by atoms with Crippen LogP contribution in [0.25, 0.3) is 56.0 Å². The van der Waals surface area contributed by atoms with Crippen molar-refractivity contribution in [2.24, 2.45) is 0 Å². The van der Waals surface area contributed by atoms with Gasteiger partial charge < -0.3 is 25.3 Å². The fourth-order valence-corrected chi connectivity index (χ4v) is 8.15. The number of nitrogens with zero attached hydrogens (tertiary/aromatic N) is 2. The normalized spacial score (nSPS) is 10.9. The number of amides is 2. The summed E-state index contributed by atoms with van der Waals surface area (Å²) in [7, 11) is 0. The summed E-state index contributed by atoms with van der Waals surface area (Å²) < 4.78 is 5.78. The van der Waals surface area contributed by atoms with Crippen molar-refractivity contribution in [3.8, 4) is 45.4 Å². The third-order valence-electron chi connectivity index (χ3n) is 10.2. The maximum absolute atomic E-state index is 12.8. The summed E-state index contributed by atoms with van der Waals surface area (Å²) in [6, 6.07) is 55.7. The molecule has 0 aliphatic heterocycles. The highest BCUT2D eigenvalue weighted by molar-refractivity contribution is 6.39. The monoisotopic (exact) mass is 930 g/mol. The summed E-state index contributed by atoms with van der Waals surface area (Å²) in [5.74, 6) is 2.10. The molecule has 0 bridgehead atoms. The number of anilines is 2. The van der Waals surface area contributed by atoms with E-state index in [0.717, 1.165) is 33.6 Å². The zero-order chi connectivity index (χ0) is 44.9. The van der Waals surface area contributed by atoms with E-state index < -0.39 is 0 Å². The number of carbonyl (C=O) groups is 2. The summed E-state index contributed by atoms with van der Waals surface area (Å²) in [5, 5.41) is 7.86. The molecule has 0 unspecified atom stereocenters. The lowest BCUT2D eigenvalue weighted by Crippen LogP contribution is -2.11. The second kappa shape index (κ2) is 19.1. The van der Waals surface area contributed by atoms with Crippen LogP contribution in [0.2, 0.25) is 20.1 Å². The van der Waals surface area contributed by atoms with Crippen LogP contribution in [-0.4, -0.2) is 31.8 Å². The first kappa shape index (κ1) is 42.9. The van der Waals surface area contributed by atoms with E-state index >= 15 is 0 Å². The van der Waals surface area contributed by atoms with Crippen LogP contribution in [0.5, 0.6) is 11.5 Å². The molecular weight excluding hydrogens is 898 g/mol. The number of fused-ring (bicyclic) bond motifs is 2. The highest BCUT2D eigenvalue weighted by Crippen LogP contribution is 2.36. The number of nitrogens with one attached hydrogen (secondary N) is 4. The van der Waals surface area contributed by atoms with E-state index in [1.807, 2.05) is 72.8 Å². The van der Waals surface area contributed by atoms with Crippen LogP contribution >= 0.6 is 46.4 Å². The molecule has 0 spiro atoms. The van der Waals surface area contributed by atoms with E-state index in [1.165, 1.54) is 0 Å². The molecule has 0 saturated heterocycles. The number of carbonyl (C=O) groups excluding carboxylic acids is 2. The number of aromatic amines is 2. The Morgan fingerprint density at radius 3 is 1.29 bits per heavy atom. The first-order valence-electron chi connectivity index (χ1n) is 20.1. The lowest BCUT2D eigenvalue weighted by molar-refractivity contribution is 0.101. The fraction of sp³-hybridized carbons (Fsp3) is 0. The Morgan fingerprint density at radius 2 is 0.831 bits per heavy atom. The third-order valence-corrected chi connectivity index (χ3v) is 11.5. The minimum Gasteiger partial charge on any atom is -0.457 e. The summed E-state index contributed by atoms with van der Waals surface area (Å²) in [5.41, 5.74) is 8.74. The SMILES string of the molecule is O=C(Nc1ccc(-c2ccccc2)cc1)c1ccc2nc(-c3c(Cl)cccc3Cl)[nH]c2c1.O=C(Nc1ccc(Oc2ccccc2)cc1)c1ccc2nc(-c3c(Cl)cccc3Cl)[nH]c2c1. The molecule has 13 heteroatoms. The van der Waals surface area contributed by atoms with Crippen LogP contribution in [0.3, 0.4) is 0 Å². The Bertz CT molecular complexity index is 3280. The number of hydrogen-bond donors (Lipinski definition) is 4. The van der Waals surface area contributed by atoms with Crippen molar-refractivity contribution in [2.45, 2.75) is 0 Å². The fourth-order valence-electron chi connectivity index (χ4n) is 7.00. The van der Waals surface area contributed by atoms with Crippen molar-refractivity contribution in [1.29, 1.82) is 0 Å². The van der Waals surface area contributed by atoms with Crippen molar-refractivity contribution >= 4 is 91.7 Å². The summed E-state index contributed by atoms with van der Waals surface area (Å²) in [6.07, 6.45) is 0. The zero-order valence-electron chi connectivity index (χ0n) is 34.0. The van der Waals surface area contributed by atoms with Gasteiger partial charge in [-0.25, -0.2) is 9.97 Å². The van der Waals surface area contributed by atoms with Gasteiger partial charge >= 0.3 is 0 Å². The predicted molar refractivity (Wildman–Crippen MR) is 264 cm³/mol. The molecule has 0 aliphatic rings. The van der Waals surface area contributed by atoms with Crippen LogP contribution in [0, 0.1) is 0 Å². The van der Waals surface area contributed by atoms with Gasteiger partial charge in [-0.15, -0.1) is 0 Å². The van der Waals surface area contributed by atoms with Crippen LogP contribution < -0.4 is 15.4 Å². The molecule has 0 radical (unpaired) electrons. The summed E-state index contributed by atoms with van der Waals surface area (Å²) >= 11 is 25.2.